The number of pyridine rings is 2. The smallest absolute Gasteiger partial charge is 0.182 e. The summed E-state index contributed by atoms with van der Waals surface area (Å²) in [5, 5.41) is 7.89. The minimum absolute atomic E-state index is 0.262. The van der Waals surface area contributed by atoms with Gasteiger partial charge in [-0.2, -0.15) is 0 Å². The van der Waals surface area contributed by atoms with Crippen LogP contribution in [0, 0.1) is 0 Å². The topological polar surface area (TPSA) is 88.9 Å². The lowest BCUT2D eigenvalue weighted by Gasteiger charge is -1.99. The molecule has 0 bridgehead atoms. The van der Waals surface area contributed by atoms with Gasteiger partial charge in [-0.25, -0.2) is 4.99 Å². The molecule has 2 aromatic rings. The van der Waals surface area contributed by atoms with Crippen LogP contribution in [0.1, 0.15) is 11.1 Å². The summed E-state index contributed by atoms with van der Waals surface area (Å²) in [6.45, 7) is 3.46. The van der Waals surface area contributed by atoms with Crippen molar-refractivity contribution in [2.45, 2.75) is 0 Å². The van der Waals surface area contributed by atoms with Crippen LogP contribution >= 0.6 is 0 Å². The minimum atomic E-state index is 0.262. The van der Waals surface area contributed by atoms with Crippen molar-refractivity contribution in [3.8, 4) is 0 Å². The van der Waals surface area contributed by atoms with E-state index >= 15 is 0 Å². The third kappa shape index (κ3) is 3.29. The average Bonchev–Trinajstić information content (AvgIpc) is 2.49. The summed E-state index contributed by atoms with van der Waals surface area (Å²) >= 11 is 0. The highest BCUT2D eigenvalue weighted by Gasteiger charge is 2.01. The third-order valence-corrected chi connectivity index (χ3v) is 2.28. The summed E-state index contributed by atoms with van der Waals surface area (Å²) in [5.74, 6) is 0.623. The molecule has 0 spiro atoms. The number of nitrogens with zero attached hydrogens (tertiary/aromatic N) is 5. The predicted octanol–water partition coefficient (Wildman–Crippen LogP) is 1.24. The molecule has 94 valence electrons. The van der Waals surface area contributed by atoms with E-state index in [1.165, 1.54) is 0 Å². The van der Waals surface area contributed by atoms with E-state index in [1.807, 2.05) is 6.07 Å². The summed E-state index contributed by atoms with van der Waals surface area (Å²) in [6, 6.07) is 7.17. The van der Waals surface area contributed by atoms with Gasteiger partial charge in [-0.05, 0) is 31.0 Å². The molecule has 0 radical (unpaired) electrons. The van der Waals surface area contributed by atoms with Gasteiger partial charge in [0.15, 0.2) is 11.7 Å². The van der Waals surface area contributed by atoms with Gasteiger partial charge < -0.3 is 5.73 Å². The molecular formula is C13H12N6. The van der Waals surface area contributed by atoms with Gasteiger partial charge in [0, 0.05) is 35.9 Å². The molecule has 0 atom stereocenters. The molecule has 2 N–H and O–H groups in total. The van der Waals surface area contributed by atoms with Crippen LogP contribution in [0.3, 0.4) is 0 Å². The van der Waals surface area contributed by atoms with Crippen molar-refractivity contribution in [2.75, 3.05) is 0 Å². The first-order valence-electron chi connectivity index (χ1n) is 5.50. The van der Waals surface area contributed by atoms with Gasteiger partial charge in [-0.15, -0.1) is 10.2 Å². The van der Waals surface area contributed by atoms with E-state index in [2.05, 4.69) is 31.9 Å². The van der Waals surface area contributed by atoms with Gasteiger partial charge in [0.05, 0.1) is 0 Å². The van der Waals surface area contributed by atoms with Gasteiger partial charge in [0.2, 0.25) is 0 Å². The second kappa shape index (κ2) is 6.15. The highest BCUT2D eigenvalue weighted by molar-refractivity contribution is 6.02. The Morgan fingerprint density at radius 2 is 1.63 bits per heavy atom. The van der Waals surface area contributed by atoms with Crippen LogP contribution < -0.4 is 5.73 Å². The Morgan fingerprint density at radius 1 is 1.00 bits per heavy atom. The Bertz CT molecular complexity index is 604. The molecule has 19 heavy (non-hydrogen) atoms. The summed E-state index contributed by atoms with van der Waals surface area (Å²) in [4.78, 5) is 11.7. The Kier molecular flexibility index (Phi) is 4.07. The quantitative estimate of drug-likeness (QED) is 0.506. The van der Waals surface area contributed by atoms with E-state index in [4.69, 9.17) is 5.73 Å². The highest BCUT2D eigenvalue weighted by Crippen LogP contribution is 2.01. The minimum Gasteiger partial charge on any atom is -0.382 e. The van der Waals surface area contributed by atoms with Gasteiger partial charge in [0.1, 0.15) is 0 Å². The maximum absolute atomic E-state index is 5.80. The molecule has 0 unspecified atom stereocenters. The number of aliphatic imine (C=N–C) groups is 1. The normalized spacial score (nSPS) is 12.2. The van der Waals surface area contributed by atoms with E-state index in [0.29, 0.717) is 11.4 Å². The number of hydrogen-bond donors (Lipinski definition) is 1. The van der Waals surface area contributed by atoms with Crippen molar-refractivity contribution in [3.63, 3.8) is 0 Å². The molecule has 2 rings (SSSR count). The fourth-order valence-electron chi connectivity index (χ4n) is 1.35. The van der Waals surface area contributed by atoms with Crippen LogP contribution in [-0.4, -0.2) is 28.4 Å². The molecule has 0 fully saturated rings. The van der Waals surface area contributed by atoms with Crippen molar-refractivity contribution in [3.05, 3.63) is 60.2 Å². The van der Waals surface area contributed by atoms with E-state index in [1.54, 1.807) is 43.0 Å². The highest BCUT2D eigenvalue weighted by atomic mass is 15.3. The largest absolute Gasteiger partial charge is 0.382 e. The number of aromatic nitrogens is 2. The molecule has 2 aromatic heterocycles. The second-order valence-electron chi connectivity index (χ2n) is 3.55. The first-order chi connectivity index (χ1) is 9.31. The van der Waals surface area contributed by atoms with Gasteiger partial charge in [-0.3, -0.25) is 9.97 Å². The maximum Gasteiger partial charge on any atom is 0.182 e. The fraction of sp³-hybridized carbons (Fsp3) is 0. The molecule has 0 aliphatic heterocycles. The Hall–Kier alpha value is -2.89. The SMILES string of the molecule is C=N/C(=N\N=C(/N)c1cccnc1)c1cccnc1. The number of nitrogens with two attached hydrogens (primary N) is 1. The van der Waals surface area contributed by atoms with Crippen molar-refractivity contribution in [1.29, 1.82) is 0 Å². The second-order valence-corrected chi connectivity index (χ2v) is 3.55. The number of hydrogen-bond acceptors (Lipinski definition) is 4. The molecule has 0 aliphatic carbocycles. The number of amidine groups is 2. The summed E-state index contributed by atoms with van der Waals surface area (Å²) in [6.07, 6.45) is 6.56. The summed E-state index contributed by atoms with van der Waals surface area (Å²) < 4.78 is 0. The average molecular weight is 252 g/mol. The van der Waals surface area contributed by atoms with Crippen LogP contribution in [0.5, 0.6) is 0 Å². The Morgan fingerprint density at radius 3 is 2.16 bits per heavy atom. The molecule has 0 aliphatic rings. The van der Waals surface area contributed by atoms with Gasteiger partial charge in [0.25, 0.3) is 0 Å². The van der Waals surface area contributed by atoms with Gasteiger partial charge in [-0.1, -0.05) is 0 Å². The van der Waals surface area contributed by atoms with E-state index in [-0.39, 0.29) is 5.84 Å². The summed E-state index contributed by atoms with van der Waals surface area (Å²) in [7, 11) is 0. The molecule has 0 saturated carbocycles. The van der Waals surface area contributed by atoms with Crippen molar-refractivity contribution in [2.24, 2.45) is 20.9 Å². The van der Waals surface area contributed by atoms with E-state index in [0.717, 1.165) is 5.56 Å². The molecule has 6 nitrogen and oxygen atoms in total. The molecule has 6 heteroatoms. The molecule has 0 aromatic carbocycles. The van der Waals surface area contributed by atoms with E-state index < -0.39 is 0 Å². The lowest BCUT2D eigenvalue weighted by atomic mass is 10.3. The van der Waals surface area contributed by atoms with Crippen molar-refractivity contribution in [1.82, 2.24) is 9.97 Å². The van der Waals surface area contributed by atoms with Crippen LogP contribution in [0.15, 0.2) is 64.2 Å². The molecular weight excluding hydrogens is 240 g/mol. The monoisotopic (exact) mass is 252 g/mol. The molecule has 2 heterocycles. The first kappa shape index (κ1) is 12.6. The maximum atomic E-state index is 5.80. The van der Waals surface area contributed by atoms with Crippen LogP contribution in [-0.2, 0) is 0 Å². The fourth-order valence-corrected chi connectivity index (χ4v) is 1.35. The predicted molar refractivity (Wildman–Crippen MR) is 75.3 cm³/mol. The zero-order valence-electron chi connectivity index (χ0n) is 10.1. The summed E-state index contributed by atoms with van der Waals surface area (Å²) in [5.41, 5.74) is 7.22. The van der Waals surface area contributed by atoms with Gasteiger partial charge >= 0.3 is 0 Å². The zero-order valence-corrected chi connectivity index (χ0v) is 10.1. The molecule has 0 amide bonds. The molecule has 0 saturated heterocycles. The lowest BCUT2D eigenvalue weighted by Crippen LogP contribution is -2.13. The van der Waals surface area contributed by atoms with Crippen molar-refractivity contribution < 1.29 is 0 Å². The lowest BCUT2D eigenvalue weighted by molar-refractivity contribution is 1.19. The van der Waals surface area contributed by atoms with Crippen LogP contribution in [0.25, 0.3) is 0 Å². The zero-order chi connectivity index (χ0) is 13.5. The Labute approximate surface area is 110 Å². The van der Waals surface area contributed by atoms with E-state index in [9.17, 15) is 0 Å². The van der Waals surface area contributed by atoms with Crippen LogP contribution in [0.2, 0.25) is 0 Å². The Balaban J connectivity index is 2.27. The van der Waals surface area contributed by atoms with Crippen molar-refractivity contribution >= 4 is 18.4 Å². The third-order valence-electron chi connectivity index (χ3n) is 2.28. The van der Waals surface area contributed by atoms with Crippen LogP contribution in [0.4, 0.5) is 0 Å². The first-order valence-corrected chi connectivity index (χ1v) is 5.50. The standard InChI is InChI=1S/C13H12N6/c1-15-13(11-5-3-7-17-9-11)19-18-12(14)10-4-2-6-16-8-10/h2-9H,1H2,(H2,14,18)/b19-13-. The number of rotatable bonds is 3.